The van der Waals surface area contributed by atoms with Crippen LogP contribution in [0.5, 0.6) is 0 Å². The molecule has 2 aromatic carbocycles. The summed E-state index contributed by atoms with van der Waals surface area (Å²) in [7, 11) is 0. The van der Waals surface area contributed by atoms with Crippen molar-refractivity contribution in [1.82, 2.24) is 25.5 Å². The van der Waals surface area contributed by atoms with Crippen LogP contribution >= 0.6 is 0 Å². The Morgan fingerprint density at radius 2 is 1.96 bits per heavy atom. The number of nitrogens with one attached hydrogen (secondary N) is 3. The number of imidazole rings is 1. The van der Waals surface area contributed by atoms with E-state index in [1.807, 2.05) is 12.1 Å². The maximum atomic E-state index is 13.5. The first kappa shape index (κ1) is 16.4. The lowest BCUT2D eigenvalue weighted by Gasteiger charge is -2.29. The van der Waals surface area contributed by atoms with Crippen LogP contribution in [0, 0.1) is 5.82 Å². The van der Waals surface area contributed by atoms with Gasteiger partial charge in [0.05, 0.1) is 17.6 Å². The molecular weight excluding hydrogens is 365 g/mol. The summed E-state index contributed by atoms with van der Waals surface area (Å²) >= 11 is 0. The average Bonchev–Trinajstić information content (AvgIpc) is 3.31. The molecule has 0 saturated carbocycles. The Morgan fingerprint density at radius 1 is 1.14 bits per heavy atom. The zero-order chi connectivity index (χ0) is 19.5. The molecule has 3 heterocycles. The third kappa shape index (κ3) is 2.29. The Bertz CT molecular complexity index is 1140. The fourth-order valence-corrected chi connectivity index (χ4v) is 3.75. The molecule has 0 aliphatic carbocycles. The summed E-state index contributed by atoms with van der Waals surface area (Å²) in [5.41, 5.74) is 0.681. The van der Waals surface area contributed by atoms with Crippen LogP contribution < -0.4 is 10.6 Å². The first-order valence-corrected chi connectivity index (χ1v) is 8.63. The van der Waals surface area contributed by atoms with Crippen LogP contribution in [-0.4, -0.2) is 39.3 Å². The molecule has 1 unspecified atom stereocenters. The monoisotopic (exact) mass is 379 g/mol. The van der Waals surface area contributed by atoms with Crippen LogP contribution in [0.3, 0.4) is 0 Å². The van der Waals surface area contributed by atoms with Crippen molar-refractivity contribution in [3.8, 4) is 0 Å². The van der Waals surface area contributed by atoms with Crippen LogP contribution in [0.25, 0.3) is 11.0 Å². The number of H-pyrrole nitrogens is 1. The minimum Gasteiger partial charge on any atom is -0.339 e. The first-order valence-electron chi connectivity index (χ1n) is 8.63. The highest BCUT2D eigenvalue weighted by Gasteiger charge is 2.52. The molecule has 3 aromatic rings. The molecule has 2 aliphatic heterocycles. The van der Waals surface area contributed by atoms with E-state index >= 15 is 0 Å². The highest BCUT2D eigenvalue weighted by molar-refractivity contribution is 6.08. The molecule has 5 rings (SSSR count). The van der Waals surface area contributed by atoms with Gasteiger partial charge in [0, 0.05) is 12.1 Å². The topological polar surface area (TPSA) is 107 Å². The van der Waals surface area contributed by atoms with Crippen molar-refractivity contribution in [3.63, 3.8) is 0 Å². The standard InChI is InChI=1S/C19H14FN5O3/c20-11-6-5-10-8-25(15(26)12(10)7-11)9-19(17(27)23-18(28)24-19)16-21-13-3-1-2-4-14(13)22-16/h1-7H,8-9H2,(H,21,22)(H2,23,24,27,28). The summed E-state index contributed by atoms with van der Waals surface area (Å²) in [5.74, 6) is -1.29. The summed E-state index contributed by atoms with van der Waals surface area (Å²) in [5, 5.41) is 4.84. The van der Waals surface area contributed by atoms with E-state index in [2.05, 4.69) is 20.6 Å². The van der Waals surface area contributed by atoms with Crippen LogP contribution in [0.15, 0.2) is 42.5 Å². The Morgan fingerprint density at radius 3 is 2.71 bits per heavy atom. The molecular formula is C19H14FN5O3. The van der Waals surface area contributed by atoms with Gasteiger partial charge in [0.25, 0.3) is 11.8 Å². The summed E-state index contributed by atoms with van der Waals surface area (Å²) in [6, 6.07) is 10.5. The van der Waals surface area contributed by atoms with Crippen LogP contribution in [0.1, 0.15) is 21.7 Å². The highest BCUT2D eigenvalue weighted by atomic mass is 19.1. The number of hydrogen-bond acceptors (Lipinski definition) is 4. The zero-order valence-electron chi connectivity index (χ0n) is 14.5. The number of imide groups is 1. The predicted molar refractivity (Wildman–Crippen MR) is 95.6 cm³/mol. The van der Waals surface area contributed by atoms with Crippen LogP contribution in [0.4, 0.5) is 9.18 Å². The number of amides is 4. The van der Waals surface area contributed by atoms with Gasteiger partial charge in [-0.05, 0) is 29.8 Å². The van der Waals surface area contributed by atoms with Crippen LogP contribution in [0.2, 0.25) is 0 Å². The number of rotatable bonds is 3. The van der Waals surface area contributed by atoms with Gasteiger partial charge in [0.1, 0.15) is 11.6 Å². The molecule has 2 aliphatic rings. The predicted octanol–water partition coefficient (Wildman–Crippen LogP) is 1.39. The number of benzene rings is 2. The van der Waals surface area contributed by atoms with Gasteiger partial charge in [-0.2, -0.15) is 0 Å². The lowest BCUT2D eigenvalue weighted by Crippen LogP contribution is -2.53. The van der Waals surface area contributed by atoms with Gasteiger partial charge in [-0.3, -0.25) is 14.9 Å². The molecule has 8 nitrogen and oxygen atoms in total. The van der Waals surface area contributed by atoms with E-state index in [-0.39, 0.29) is 24.5 Å². The lowest BCUT2D eigenvalue weighted by molar-refractivity contribution is -0.125. The van der Waals surface area contributed by atoms with Gasteiger partial charge in [-0.1, -0.05) is 18.2 Å². The molecule has 1 atom stereocenters. The summed E-state index contributed by atoms with van der Waals surface area (Å²) < 4.78 is 13.5. The number of aromatic amines is 1. The highest BCUT2D eigenvalue weighted by Crippen LogP contribution is 2.31. The molecule has 28 heavy (non-hydrogen) atoms. The van der Waals surface area contributed by atoms with E-state index in [9.17, 15) is 18.8 Å². The molecule has 1 fully saturated rings. The lowest BCUT2D eigenvalue weighted by atomic mass is 9.98. The number of carbonyl (C=O) groups is 3. The fourth-order valence-electron chi connectivity index (χ4n) is 3.75. The quantitative estimate of drug-likeness (QED) is 0.598. The Hall–Kier alpha value is -3.75. The van der Waals surface area contributed by atoms with Gasteiger partial charge in [-0.15, -0.1) is 0 Å². The number of nitrogens with zero attached hydrogens (tertiary/aromatic N) is 2. The maximum absolute atomic E-state index is 13.5. The molecule has 140 valence electrons. The largest absolute Gasteiger partial charge is 0.339 e. The van der Waals surface area contributed by atoms with Crippen molar-refractivity contribution in [2.24, 2.45) is 0 Å². The summed E-state index contributed by atoms with van der Waals surface area (Å²) in [6.45, 7) is 0.0686. The van der Waals surface area contributed by atoms with Gasteiger partial charge in [0.2, 0.25) is 0 Å². The molecule has 0 spiro atoms. The molecule has 0 bridgehead atoms. The normalized spacial score (nSPS) is 21.2. The number of para-hydroxylation sites is 2. The number of aromatic nitrogens is 2. The Balaban J connectivity index is 1.56. The van der Waals surface area contributed by atoms with Crippen molar-refractivity contribution < 1.29 is 18.8 Å². The number of fused-ring (bicyclic) bond motifs is 2. The number of hydrogen-bond donors (Lipinski definition) is 3. The van der Waals surface area contributed by atoms with Crippen molar-refractivity contribution in [3.05, 3.63) is 65.2 Å². The average molecular weight is 379 g/mol. The van der Waals surface area contributed by atoms with E-state index in [0.29, 0.717) is 16.6 Å². The van der Waals surface area contributed by atoms with E-state index in [0.717, 1.165) is 0 Å². The van der Waals surface area contributed by atoms with E-state index in [1.54, 1.807) is 18.2 Å². The molecule has 0 radical (unpaired) electrons. The maximum Gasteiger partial charge on any atom is 0.322 e. The minimum absolute atomic E-state index is 0.139. The van der Waals surface area contributed by atoms with Gasteiger partial charge >= 0.3 is 6.03 Å². The number of urea groups is 1. The van der Waals surface area contributed by atoms with E-state index in [4.69, 9.17) is 0 Å². The molecule has 1 saturated heterocycles. The van der Waals surface area contributed by atoms with Gasteiger partial charge in [-0.25, -0.2) is 14.2 Å². The fraction of sp³-hybridized carbons (Fsp3) is 0.158. The Kier molecular flexibility index (Phi) is 3.30. The second-order valence-corrected chi connectivity index (χ2v) is 6.88. The van der Waals surface area contributed by atoms with E-state index in [1.165, 1.54) is 17.0 Å². The number of halogens is 1. The first-order chi connectivity index (χ1) is 13.5. The van der Waals surface area contributed by atoms with Crippen molar-refractivity contribution in [2.75, 3.05) is 6.54 Å². The Labute approximate surface area is 157 Å². The SMILES string of the molecule is O=C1NC(=O)C(CN2Cc3ccc(F)cc3C2=O)(c2nc3ccccc3[nH]2)N1. The second kappa shape index (κ2) is 5.62. The van der Waals surface area contributed by atoms with Crippen molar-refractivity contribution in [1.29, 1.82) is 0 Å². The van der Waals surface area contributed by atoms with E-state index < -0.39 is 29.2 Å². The molecule has 3 N–H and O–H groups in total. The third-order valence-corrected chi connectivity index (χ3v) is 5.11. The van der Waals surface area contributed by atoms with Crippen molar-refractivity contribution in [2.45, 2.75) is 12.1 Å². The smallest absolute Gasteiger partial charge is 0.322 e. The van der Waals surface area contributed by atoms with Crippen LogP contribution in [-0.2, 0) is 16.9 Å². The molecule has 4 amide bonds. The summed E-state index contributed by atoms with van der Waals surface area (Å²) in [4.78, 5) is 46.4. The van der Waals surface area contributed by atoms with Crippen molar-refractivity contribution >= 4 is 28.9 Å². The molecule has 1 aromatic heterocycles. The second-order valence-electron chi connectivity index (χ2n) is 6.88. The third-order valence-electron chi connectivity index (χ3n) is 5.11. The minimum atomic E-state index is -1.56. The van der Waals surface area contributed by atoms with Gasteiger partial charge < -0.3 is 15.2 Å². The summed E-state index contributed by atoms with van der Waals surface area (Å²) in [6.07, 6.45) is 0. The number of carbonyl (C=O) groups excluding carboxylic acids is 3. The van der Waals surface area contributed by atoms with Gasteiger partial charge in [0.15, 0.2) is 5.54 Å². The molecule has 9 heteroatoms. The zero-order valence-corrected chi connectivity index (χ0v) is 14.5.